The normalized spacial score (nSPS) is 15.1. The Morgan fingerprint density at radius 3 is 2.28 bits per heavy atom. The highest BCUT2D eigenvalue weighted by Gasteiger charge is 2.38. The minimum atomic E-state index is -0.494. The first-order valence-corrected chi connectivity index (χ1v) is 26.9. The van der Waals surface area contributed by atoms with Gasteiger partial charge in [-0.05, 0) is 130 Å². The van der Waals surface area contributed by atoms with Crippen molar-refractivity contribution in [3.63, 3.8) is 0 Å². The maximum Gasteiger partial charge on any atom is 0.245 e. The lowest BCUT2D eigenvalue weighted by molar-refractivity contribution is -0.140. The topological polar surface area (TPSA) is 161 Å². The van der Waals surface area contributed by atoms with Crippen LogP contribution in [0.5, 0.6) is 17.2 Å². The molecule has 3 unspecified atom stereocenters. The Morgan fingerprint density at radius 1 is 0.919 bits per heavy atom. The molecule has 3 aromatic carbocycles. The molecule has 0 saturated carbocycles. The number of hydrogen-bond donors (Lipinski definition) is 3. The van der Waals surface area contributed by atoms with Crippen LogP contribution in [0, 0.1) is 12.3 Å². The van der Waals surface area contributed by atoms with Crippen LogP contribution >= 0.6 is 11.3 Å². The number of nitrogens with zero attached hydrogens (tertiary/aromatic N) is 3. The van der Waals surface area contributed by atoms with Crippen LogP contribution in [0.2, 0.25) is 0 Å². The molecule has 394 valence electrons. The number of unbranched alkanes of at least 4 members (excludes halogenated alkanes) is 6. The number of methoxy groups -OCH3 is 2. The van der Waals surface area contributed by atoms with Crippen LogP contribution < -0.4 is 30.2 Å². The number of ether oxygens (including phenoxy) is 3. The zero-order valence-corrected chi connectivity index (χ0v) is 45.7. The summed E-state index contributed by atoms with van der Waals surface area (Å²) in [6.45, 7) is 15.5. The van der Waals surface area contributed by atoms with Gasteiger partial charge in [0, 0.05) is 41.1 Å². The van der Waals surface area contributed by atoms with E-state index in [1.54, 1.807) is 25.6 Å². The van der Waals surface area contributed by atoms with Crippen LogP contribution in [-0.2, 0) is 25.6 Å². The summed E-state index contributed by atoms with van der Waals surface area (Å²) in [7, 11) is 3.23. The summed E-state index contributed by atoms with van der Waals surface area (Å²) in [4.78, 5) is 61.9. The van der Waals surface area contributed by atoms with Gasteiger partial charge < -0.3 is 35.1 Å². The van der Waals surface area contributed by atoms with E-state index in [0.29, 0.717) is 24.5 Å². The van der Waals surface area contributed by atoms with E-state index in [9.17, 15) is 19.2 Å². The number of para-hydroxylation sites is 1. The average Bonchev–Trinajstić information content (AvgIpc) is 3.98. The predicted octanol–water partition coefficient (Wildman–Crippen LogP) is 12.2. The molecule has 4 heterocycles. The summed E-state index contributed by atoms with van der Waals surface area (Å²) in [5, 5.41) is 8.84. The van der Waals surface area contributed by atoms with Crippen molar-refractivity contribution in [1.29, 1.82) is 0 Å². The Labute approximate surface area is 442 Å². The Morgan fingerprint density at radius 2 is 1.62 bits per heavy atom. The second-order valence-corrected chi connectivity index (χ2v) is 21.2. The Bertz CT molecular complexity index is 2740. The van der Waals surface area contributed by atoms with Gasteiger partial charge in [0.15, 0.2) is 11.5 Å². The van der Waals surface area contributed by atoms with E-state index in [1.165, 1.54) is 4.88 Å². The number of anilines is 1. The summed E-state index contributed by atoms with van der Waals surface area (Å²) < 4.78 is 17.3. The lowest BCUT2D eigenvalue weighted by Crippen LogP contribution is -2.55. The highest BCUT2D eigenvalue weighted by atomic mass is 32.1. The molecule has 0 aliphatic carbocycles. The van der Waals surface area contributed by atoms with Gasteiger partial charge in [-0.15, -0.1) is 11.3 Å². The molecule has 0 spiro atoms. The third kappa shape index (κ3) is 15.6. The average molecular weight is 1030 g/mol. The maximum absolute atomic E-state index is 13.3. The first-order chi connectivity index (χ1) is 35.6. The van der Waals surface area contributed by atoms with Crippen LogP contribution in [0.4, 0.5) is 5.69 Å². The van der Waals surface area contributed by atoms with E-state index in [1.807, 2.05) is 143 Å². The monoisotopic (exact) mass is 1020 g/mol. The molecule has 2 aliphatic heterocycles. The fraction of sp³-hybridized carbons (Fsp3) is 0.433. The lowest BCUT2D eigenvalue weighted by Gasteiger charge is -2.35. The van der Waals surface area contributed by atoms with Crippen LogP contribution in [-0.4, -0.2) is 84.5 Å². The number of aromatic nitrogens is 2. The van der Waals surface area contributed by atoms with E-state index in [-0.39, 0.29) is 41.6 Å². The van der Waals surface area contributed by atoms with Crippen molar-refractivity contribution in [2.45, 2.75) is 137 Å². The standard InChI is InChI=1S/C48H60N4O6.C12H16N2OS/c1-32-17-16-27-52(32)47(55)46(48(2,3)4)51-43(53)20-12-10-8-7-9-11-15-28-58-35-24-21-33(22-25-35)40-30-37(34-23-26-41(56-5)42(29-34)57-6)38-31-44(54)49-39-19-14-13-18-36(39)45(38)50-40;1-9(10(2)13-7-15)5-4-6-12-11(3)14-8-16-12/h13-14,18-19,21-26,29-30,32,46H,7-12,15-17,20,27-28,31H2,1-6H3,(H,49,54)(H,51,53);4-8,10H,1-3H3,(H,13,15)/b;6-4+,9-5+. The molecule has 0 bridgehead atoms. The number of pyridine rings is 1. The van der Waals surface area contributed by atoms with Gasteiger partial charge in [-0.3, -0.25) is 19.2 Å². The largest absolute Gasteiger partial charge is 0.494 e. The van der Waals surface area contributed by atoms with E-state index < -0.39 is 6.04 Å². The molecule has 3 N–H and O–H groups in total. The molecule has 13 nitrogen and oxygen atoms in total. The highest BCUT2D eigenvalue weighted by Crippen LogP contribution is 2.42. The molecule has 0 radical (unpaired) electrons. The maximum atomic E-state index is 13.3. The first kappa shape index (κ1) is 56.5. The molecule has 74 heavy (non-hydrogen) atoms. The number of fused-ring (bicyclic) bond motifs is 3. The molecule has 5 aromatic rings. The van der Waals surface area contributed by atoms with Crippen molar-refractivity contribution >= 4 is 47.2 Å². The SMILES string of the molecule is C/C(=C\C=C\c1scnc1C)C(C)NC=O.COc1ccc(-c2cc(-c3ccc(OCCCCCCCCCC(=O)NC(C(=O)N4CCCC4C)C(C)(C)C)cc3)nc3c2CC(=O)Nc2ccccc2-3)cc1OC. The van der Waals surface area contributed by atoms with Crippen molar-refractivity contribution in [3.8, 4) is 50.9 Å². The smallest absolute Gasteiger partial charge is 0.245 e. The van der Waals surface area contributed by atoms with Crippen molar-refractivity contribution < 1.29 is 33.4 Å². The number of carbonyl (C=O) groups excluding carboxylic acids is 4. The number of allylic oxidation sites excluding steroid dienone is 2. The predicted molar refractivity (Wildman–Crippen MR) is 299 cm³/mol. The number of benzene rings is 3. The first-order valence-electron chi connectivity index (χ1n) is 26.0. The number of hydrogen-bond acceptors (Lipinski definition) is 10. The number of carbonyl (C=O) groups is 4. The molecular weight excluding hydrogens is 949 g/mol. The fourth-order valence-electron chi connectivity index (χ4n) is 9.16. The van der Waals surface area contributed by atoms with Crippen LogP contribution in [0.25, 0.3) is 39.7 Å². The Kier molecular flexibility index (Phi) is 21.0. The second-order valence-electron chi connectivity index (χ2n) is 20.3. The molecule has 4 amide bonds. The van der Waals surface area contributed by atoms with Crippen molar-refractivity contribution in [2.24, 2.45) is 5.41 Å². The summed E-state index contributed by atoms with van der Waals surface area (Å²) in [6, 6.07) is 23.5. The van der Waals surface area contributed by atoms with Crippen LogP contribution in [0.15, 0.2) is 96.0 Å². The van der Waals surface area contributed by atoms with Gasteiger partial charge in [0.05, 0.1) is 55.5 Å². The third-order valence-electron chi connectivity index (χ3n) is 13.7. The zero-order valence-electron chi connectivity index (χ0n) is 44.8. The number of nitrogens with one attached hydrogen (secondary N) is 3. The van der Waals surface area contributed by atoms with Gasteiger partial charge in [-0.1, -0.05) is 94.9 Å². The van der Waals surface area contributed by atoms with Gasteiger partial charge >= 0.3 is 0 Å². The number of amides is 4. The lowest BCUT2D eigenvalue weighted by atomic mass is 9.85. The van der Waals surface area contributed by atoms with Gasteiger partial charge in [-0.2, -0.15) is 0 Å². The molecular formula is C60H76N6O7S. The summed E-state index contributed by atoms with van der Waals surface area (Å²) in [5.74, 6) is 1.98. The summed E-state index contributed by atoms with van der Waals surface area (Å²) in [5.41, 5.74) is 10.4. The zero-order chi connectivity index (χ0) is 53.2. The number of likely N-dealkylation sites (tertiary alicyclic amines) is 1. The highest BCUT2D eigenvalue weighted by molar-refractivity contribution is 7.10. The Hall–Kier alpha value is -6.80. The third-order valence-corrected chi connectivity index (χ3v) is 14.6. The van der Waals surface area contributed by atoms with Crippen molar-refractivity contribution in [2.75, 3.05) is 32.7 Å². The van der Waals surface area contributed by atoms with Crippen LogP contribution in [0.1, 0.15) is 122 Å². The number of thiazole rings is 1. The van der Waals surface area contributed by atoms with E-state index in [4.69, 9.17) is 19.2 Å². The fourth-order valence-corrected chi connectivity index (χ4v) is 9.87. The molecule has 2 aromatic heterocycles. The molecule has 2 aliphatic rings. The van der Waals surface area contributed by atoms with E-state index in [2.05, 4.69) is 27.9 Å². The van der Waals surface area contributed by atoms with E-state index in [0.717, 1.165) is 133 Å². The molecule has 1 saturated heterocycles. The second kappa shape index (κ2) is 27.5. The quantitative estimate of drug-likeness (QED) is 0.0348. The molecule has 14 heteroatoms. The van der Waals surface area contributed by atoms with Gasteiger partial charge in [0.1, 0.15) is 11.8 Å². The summed E-state index contributed by atoms with van der Waals surface area (Å²) >= 11 is 1.62. The Balaban J connectivity index is 0.000000476. The number of aryl methyl sites for hydroxylation is 1. The van der Waals surface area contributed by atoms with Gasteiger partial charge in [0.2, 0.25) is 24.1 Å². The van der Waals surface area contributed by atoms with Crippen molar-refractivity contribution in [3.05, 3.63) is 112 Å². The number of rotatable bonds is 22. The van der Waals surface area contributed by atoms with Gasteiger partial charge in [0.25, 0.3) is 0 Å². The van der Waals surface area contributed by atoms with Crippen molar-refractivity contribution in [1.82, 2.24) is 25.5 Å². The molecule has 7 rings (SSSR count). The molecule has 1 fully saturated rings. The summed E-state index contributed by atoms with van der Waals surface area (Å²) in [6.07, 6.45) is 16.7. The minimum absolute atomic E-state index is 0.0277. The van der Waals surface area contributed by atoms with Gasteiger partial charge in [-0.25, -0.2) is 9.97 Å². The van der Waals surface area contributed by atoms with Crippen LogP contribution in [0.3, 0.4) is 0 Å². The minimum Gasteiger partial charge on any atom is -0.494 e. The molecule has 3 atom stereocenters. The van der Waals surface area contributed by atoms with E-state index >= 15 is 0 Å².